The first-order valence-corrected chi connectivity index (χ1v) is 3.83. The average molecular weight is 121 g/mol. The highest BCUT2D eigenvalue weighted by Crippen LogP contribution is 2.54. The molecule has 0 radical (unpaired) electrons. The van der Waals surface area contributed by atoms with E-state index >= 15 is 0 Å². The Labute approximate surface area is 55.7 Å². The van der Waals surface area contributed by atoms with Crippen molar-refractivity contribution in [3.05, 3.63) is 0 Å². The van der Waals surface area contributed by atoms with E-state index in [0.717, 1.165) is 11.8 Å². The molecule has 0 spiro atoms. The molecule has 2 aliphatic carbocycles. The van der Waals surface area contributed by atoms with E-state index in [-0.39, 0.29) is 0 Å². The van der Waals surface area contributed by atoms with Crippen LogP contribution in [0.15, 0.2) is 0 Å². The minimum atomic E-state index is 0.465. The van der Waals surface area contributed by atoms with Crippen LogP contribution in [-0.2, 0) is 0 Å². The minimum absolute atomic E-state index is 0.465. The van der Waals surface area contributed by atoms with Crippen molar-refractivity contribution in [1.29, 1.82) is 5.26 Å². The highest BCUT2D eigenvalue weighted by Gasteiger charge is 2.50. The van der Waals surface area contributed by atoms with Gasteiger partial charge in [0.1, 0.15) is 0 Å². The van der Waals surface area contributed by atoms with Crippen LogP contribution >= 0.6 is 0 Å². The number of fused-ring (bicyclic) bond motifs is 1. The Kier molecular flexibility index (Phi) is 1.02. The zero-order valence-electron chi connectivity index (χ0n) is 5.51. The lowest BCUT2D eigenvalue weighted by Gasteiger charge is -2.04. The second-order valence-electron chi connectivity index (χ2n) is 3.27. The number of nitriles is 1. The van der Waals surface area contributed by atoms with Gasteiger partial charge in [-0.05, 0) is 24.7 Å². The SMILES string of the molecule is N#CC1C2CCCCC12. The lowest BCUT2D eigenvalue weighted by Crippen LogP contribution is -1.91. The van der Waals surface area contributed by atoms with E-state index in [1.165, 1.54) is 25.7 Å². The predicted octanol–water partition coefficient (Wildman–Crippen LogP) is 1.95. The summed E-state index contributed by atoms with van der Waals surface area (Å²) in [5, 5.41) is 8.59. The molecule has 48 valence electrons. The maximum Gasteiger partial charge on any atom is 0.0661 e. The molecule has 0 aromatic carbocycles. The van der Waals surface area contributed by atoms with Gasteiger partial charge in [0.05, 0.1) is 12.0 Å². The molecule has 0 aromatic heterocycles. The molecule has 1 heteroatoms. The fourth-order valence-electron chi connectivity index (χ4n) is 2.18. The first-order valence-electron chi connectivity index (χ1n) is 3.83. The van der Waals surface area contributed by atoms with Gasteiger partial charge in [-0.15, -0.1) is 0 Å². The molecule has 2 aliphatic rings. The molecular weight excluding hydrogens is 110 g/mol. The minimum Gasteiger partial charge on any atom is -0.198 e. The fraction of sp³-hybridized carbons (Fsp3) is 0.875. The molecule has 2 rings (SSSR count). The lowest BCUT2D eigenvalue weighted by molar-refractivity contribution is 0.480. The van der Waals surface area contributed by atoms with Gasteiger partial charge in [0.15, 0.2) is 0 Å². The number of rotatable bonds is 0. The second kappa shape index (κ2) is 1.73. The molecule has 2 atom stereocenters. The Hall–Kier alpha value is -0.510. The summed E-state index contributed by atoms with van der Waals surface area (Å²) in [5.74, 6) is 2.11. The van der Waals surface area contributed by atoms with Crippen molar-refractivity contribution in [2.24, 2.45) is 17.8 Å². The van der Waals surface area contributed by atoms with Crippen LogP contribution in [0.4, 0.5) is 0 Å². The third-order valence-electron chi connectivity index (χ3n) is 2.81. The van der Waals surface area contributed by atoms with Gasteiger partial charge in [-0.3, -0.25) is 0 Å². The predicted molar refractivity (Wildman–Crippen MR) is 34.6 cm³/mol. The van der Waals surface area contributed by atoms with Crippen molar-refractivity contribution in [2.75, 3.05) is 0 Å². The molecular formula is C8H11N. The highest BCUT2D eigenvalue weighted by atomic mass is 14.5. The van der Waals surface area contributed by atoms with E-state index in [4.69, 9.17) is 5.26 Å². The first kappa shape index (κ1) is 5.29. The van der Waals surface area contributed by atoms with Gasteiger partial charge in [0.25, 0.3) is 0 Å². The van der Waals surface area contributed by atoms with Crippen LogP contribution in [0.2, 0.25) is 0 Å². The second-order valence-corrected chi connectivity index (χ2v) is 3.27. The smallest absolute Gasteiger partial charge is 0.0661 e. The summed E-state index contributed by atoms with van der Waals surface area (Å²) in [4.78, 5) is 0. The average Bonchev–Trinajstić information content (AvgIpc) is 2.60. The van der Waals surface area contributed by atoms with Crippen LogP contribution in [0.5, 0.6) is 0 Å². The fourth-order valence-corrected chi connectivity index (χ4v) is 2.18. The molecule has 2 fully saturated rings. The van der Waals surface area contributed by atoms with Crippen LogP contribution in [0.1, 0.15) is 25.7 Å². The molecule has 1 nitrogen and oxygen atoms in total. The van der Waals surface area contributed by atoms with Gasteiger partial charge in [0, 0.05) is 0 Å². The quantitative estimate of drug-likeness (QED) is 0.480. The maximum absolute atomic E-state index is 8.59. The Bertz CT molecular complexity index is 144. The van der Waals surface area contributed by atoms with Crippen LogP contribution in [0, 0.1) is 29.1 Å². The van der Waals surface area contributed by atoms with Crippen molar-refractivity contribution >= 4 is 0 Å². The van der Waals surface area contributed by atoms with Crippen molar-refractivity contribution in [3.63, 3.8) is 0 Å². The lowest BCUT2D eigenvalue weighted by atomic mass is 10.0. The highest BCUT2D eigenvalue weighted by molar-refractivity contribution is 5.09. The van der Waals surface area contributed by atoms with Crippen molar-refractivity contribution < 1.29 is 0 Å². The summed E-state index contributed by atoms with van der Waals surface area (Å²) in [7, 11) is 0. The summed E-state index contributed by atoms with van der Waals surface area (Å²) < 4.78 is 0. The summed E-state index contributed by atoms with van der Waals surface area (Å²) in [5.41, 5.74) is 0. The van der Waals surface area contributed by atoms with E-state index in [2.05, 4.69) is 6.07 Å². The Morgan fingerprint density at radius 2 is 1.67 bits per heavy atom. The number of hydrogen-bond donors (Lipinski definition) is 0. The van der Waals surface area contributed by atoms with Crippen LogP contribution < -0.4 is 0 Å². The molecule has 0 aromatic rings. The third-order valence-corrected chi connectivity index (χ3v) is 2.81. The molecule has 0 N–H and O–H groups in total. The summed E-state index contributed by atoms with van der Waals surface area (Å²) in [6.07, 6.45) is 5.42. The molecule has 9 heavy (non-hydrogen) atoms. The van der Waals surface area contributed by atoms with Gasteiger partial charge in [0.2, 0.25) is 0 Å². The zero-order valence-corrected chi connectivity index (χ0v) is 5.51. The zero-order chi connectivity index (χ0) is 6.27. The molecule has 0 aliphatic heterocycles. The van der Waals surface area contributed by atoms with Crippen LogP contribution in [-0.4, -0.2) is 0 Å². The monoisotopic (exact) mass is 121 g/mol. The topological polar surface area (TPSA) is 23.8 Å². The number of hydrogen-bond acceptors (Lipinski definition) is 1. The molecule has 0 bridgehead atoms. The van der Waals surface area contributed by atoms with E-state index in [9.17, 15) is 0 Å². The molecule has 0 heterocycles. The van der Waals surface area contributed by atoms with Crippen molar-refractivity contribution in [3.8, 4) is 6.07 Å². The maximum atomic E-state index is 8.59. The summed E-state index contributed by atoms with van der Waals surface area (Å²) >= 11 is 0. The van der Waals surface area contributed by atoms with E-state index in [1.54, 1.807) is 0 Å². The molecule has 0 saturated heterocycles. The first-order chi connectivity index (χ1) is 4.43. The Morgan fingerprint density at radius 1 is 1.11 bits per heavy atom. The van der Waals surface area contributed by atoms with Gasteiger partial charge in [-0.25, -0.2) is 0 Å². The van der Waals surface area contributed by atoms with E-state index in [1.807, 2.05) is 0 Å². The normalized spacial score (nSPS) is 47.2. The van der Waals surface area contributed by atoms with E-state index in [0.29, 0.717) is 5.92 Å². The van der Waals surface area contributed by atoms with Gasteiger partial charge < -0.3 is 0 Å². The summed E-state index contributed by atoms with van der Waals surface area (Å²) in [6.45, 7) is 0. The van der Waals surface area contributed by atoms with Crippen molar-refractivity contribution in [1.82, 2.24) is 0 Å². The Morgan fingerprint density at radius 3 is 2.11 bits per heavy atom. The van der Waals surface area contributed by atoms with Crippen LogP contribution in [0.3, 0.4) is 0 Å². The largest absolute Gasteiger partial charge is 0.198 e. The molecule has 2 saturated carbocycles. The van der Waals surface area contributed by atoms with Gasteiger partial charge in [-0.1, -0.05) is 12.8 Å². The van der Waals surface area contributed by atoms with Crippen molar-refractivity contribution in [2.45, 2.75) is 25.7 Å². The molecule has 0 amide bonds. The summed E-state index contributed by atoms with van der Waals surface area (Å²) in [6, 6.07) is 2.38. The number of nitrogens with zero attached hydrogens (tertiary/aromatic N) is 1. The van der Waals surface area contributed by atoms with Crippen LogP contribution in [0.25, 0.3) is 0 Å². The Balaban J connectivity index is 2.00. The van der Waals surface area contributed by atoms with E-state index < -0.39 is 0 Å². The van der Waals surface area contributed by atoms with Gasteiger partial charge >= 0.3 is 0 Å². The standard InChI is InChI=1S/C8H11N/c9-5-8-6-3-1-2-4-7(6)8/h6-8H,1-4H2. The molecule has 2 unspecified atom stereocenters. The third kappa shape index (κ3) is 0.660. The van der Waals surface area contributed by atoms with Gasteiger partial charge in [-0.2, -0.15) is 5.26 Å².